The topological polar surface area (TPSA) is 34.1 Å². The van der Waals surface area contributed by atoms with E-state index in [2.05, 4.69) is 5.10 Å². The lowest BCUT2D eigenvalue weighted by Gasteiger charge is -2.01. The fraction of sp³-hybridized carbons (Fsp3) is 0.300. The molecule has 0 bridgehead atoms. The molecule has 1 aromatic carbocycles. The standard InChI is InChI=1S/C10H10N2O2S/c1-12-5-15-10(11-12)7-2-3-8-9(4-7)14-6-13-8/h2-4H,5-6H2,1H3. The molecule has 0 N–H and O–H groups in total. The van der Waals surface area contributed by atoms with E-state index in [0.717, 1.165) is 28.0 Å². The van der Waals surface area contributed by atoms with Crippen LogP contribution in [0.4, 0.5) is 0 Å². The summed E-state index contributed by atoms with van der Waals surface area (Å²) < 4.78 is 10.6. The normalized spacial score (nSPS) is 18.2. The number of hydrazone groups is 1. The fourth-order valence-corrected chi connectivity index (χ4v) is 2.40. The van der Waals surface area contributed by atoms with Crippen molar-refractivity contribution in [2.75, 3.05) is 19.7 Å². The van der Waals surface area contributed by atoms with Gasteiger partial charge in [-0.25, -0.2) is 0 Å². The number of ether oxygens (including phenoxy) is 2. The number of hydrogen-bond acceptors (Lipinski definition) is 5. The molecule has 0 radical (unpaired) electrons. The first-order valence-electron chi connectivity index (χ1n) is 4.65. The Morgan fingerprint density at radius 1 is 1.33 bits per heavy atom. The minimum absolute atomic E-state index is 0.318. The third-order valence-electron chi connectivity index (χ3n) is 2.27. The second-order valence-corrected chi connectivity index (χ2v) is 4.34. The van der Waals surface area contributed by atoms with E-state index in [0.29, 0.717) is 6.79 Å². The van der Waals surface area contributed by atoms with E-state index in [1.165, 1.54) is 0 Å². The van der Waals surface area contributed by atoms with Gasteiger partial charge < -0.3 is 9.47 Å². The number of thioether (sulfide) groups is 1. The van der Waals surface area contributed by atoms with Gasteiger partial charge in [0.15, 0.2) is 11.5 Å². The molecule has 0 saturated heterocycles. The van der Waals surface area contributed by atoms with E-state index in [1.54, 1.807) is 11.8 Å². The van der Waals surface area contributed by atoms with E-state index < -0.39 is 0 Å². The van der Waals surface area contributed by atoms with Crippen molar-refractivity contribution in [3.05, 3.63) is 23.8 Å². The van der Waals surface area contributed by atoms with Crippen molar-refractivity contribution >= 4 is 16.8 Å². The Hall–Kier alpha value is -1.36. The van der Waals surface area contributed by atoms with Crippen molar-refractivity contribution < 1.29 is 9.47 Å². The largest absolute Gasteiger partial charge is 0.454 e. The summed E-state index contributed by atoms with van der Waals surface area (Å²) in [6, 6.07) is 5.92. The smallest absolute Gasteiger partial charge is 0.231 e. The first-order valence-corrected chi connectivity index (χ1v) is 5.64. The second-order valence-electron chi connectivity index (χ2n) is 3.40. The van der Waals surface area contributed by atoms with Gasteiger partial charge >= 0.3 is 0 Å². The minimum Gasteiger partial charge on any atom is -0.454 e. The van der Waals surface area contributed by atoms with Crippen molar-refractivity contribution in [2.24, 2.45) is 5.10 Å². The highest BCUT2D eigenvalue weighted by atomic mass is 32.2. The lowest BCUT2D eigenvalue weighted by atomic mass is 10.2. The zero-order chi connectivity index (χ0) is 10.3. The van der Waals surface area contributed by atoms with Crippen LogP contribution >= 0.6 is 11.8 Å². The lowest BCUT2D eigenvalue weighted by Crippen LogP contribution is -2.02. The Bertz CT molecular complexity index is 433. The fourth-order valence-electron chi connectivity index (χ4n) is 1.54. The molecule has 2 aliphatic heterocycles. The molecule has 0 atom stereocenters. The van der Waals surface area contributed by atoms with Gasteiger partial charge in [-0.3, -0.25) is 5.01 Å². The first-order chi connectivity index (χ1) is 7.33. The van der Waals surface area contributed by atoms with Gasteiger partial charge in [0.05, 0.1) is 5.88 Å². The molecule has 0 unspecified atom stereocenters. The zero-order valence-corrected chi connectivity index (χ0v) is 9.08. The summed E-state index contributed by atoms with van der Waals surface area (Å²) in [5, 5.41) is 7.36. The maximum Gasteiger partial charge on any atom is 0.231 e. The van der Waals surface area contributed by atoms with E-state index >= 15 is 0 Å². The molecule has 2 heterocycles. The highest BCUT2D eigenvalue weighted by Crippen LogP contribution is 2.34. The van der Waals surface area contributed by atoms with Gasteiger partial charge in [-0.2, -0.15) is 5.10 Å². The highest BCUT2D eigenvalue weighted by Gasteiger charge is 2.18. The summed E-state index contributed by atoms with van der Waals surface area (Å²) in [5.74, 6) is 2.53. The summed E-state index contributed by atoms with van der Waals surface area (Å²) in [4.78, 5) is 0. The molecule has 0 fully saturated rings. The van der Waals surface area contributed by atoms with E-state index in [9.17, 15) is 0 Å². The van der Waals surface area contributed by atoms with Crippen LogP contribution in [0.1, 0.15) is 5.56 Å². The summed E-state index contributed by atoms with van der Waals surface area (Å²) in [6.45, 7) is 0.318. The van der Waals surface area contributed by atoms with E-state index in [1.807, 2.05) is 30.3 Å². The van der Waals surface area contributed by atoms with E-state index in [4.69, 9.17) is 9.47 Å². The molecule has 1 aromatic rings. The Labute approximate surface area is 91.9 Å². The molecule has 0 aliphatic carbocycles. The van der Waals surface area contributed by atoms with Crippen molar-refractivity contribution in [2.45, 2.75) is 0 Å². The van der Waals surface area contributed by atoms with Crippen LogP contribution in [0.25, 0.3) is 0 Å². The Morgan fingerprint density at radius 3 is 3.00 bits per heavy atom. The van der Waals surface area contributed by atoms with Crippen LogP contribution in [0, 0.1) is 0 Å². The van der Waals surface area contributed by atoms with Crippen molar-refractivity contribution in [3.8, 4) is 11.5 Å². The van der Waals surface area contributed by atoms with E-state index in [-0.39, 0.29) is 0 Å². The van der Waals surface area contributed by atoms with Gasteiger partial charge in [0, 0.05) is 12.6 Å². The monoisotopic (exact) mass is 222 g/mol. The van der Waals surface area contributed by atoms with Crippen LogP contribution in [0.2, 0.25) is 0 Å². The van der Waals surface area contributed by atoms with Crippen LogP contribution in [-0.4, -0.2) is 29.8 Å². The predicted molar refractivity (Wildman–Crippen MR) is 59.3 cm³/mol. The van der Waals surface area contributed by atoms with Gasteiger partial charge in [0.25, 0.3) is 0 Å². The predicted octanol–water partition coefficient (Wildman–Crippen LogP) is 1.71. The van der Waals surface area contributed by atoms with Crippen LogP contribution in [0.3, 0.4) is 0 Å². The Balaban J connectivity index is 1.96. The maximum absolute atomic E-state index is 5.33. The SMILES string of the molecule is CN1CSC(c2ccc3c(c2)OCO3)=N1. The number of rotatable bonds is 1. The molecule has 5 heteroatoms. The van der Waals surface area contributed by atoms with Crippen molar-refractivity contribution in [3.63, 3.8) is 0 Å². The first kappa shape index (κ1) is 8.91. The van der Waals surface area contributed by atoms with Crippen LogP contribution < -0.4 is 9.47 Å². The number of benzene rings is 1. The molecule has 0 spiro atoms. The van der Waals surface area contributed by atoms with Crippen LogP contribution in [0.5, 0.6) is 11.5 Å². The Kier molecular flexibility index (Phi) is 1.98. The number of hydrogen-bond donors (Lipinski definition) is 0. The molecule has 2 aliphatic rings. The van der Waals surface area contributed by atoms with Gasteiger partial charge in [-0.05, 0) is 18.2 Å². The third kappa shape index (κ3) is 1.52. The van der Waals surface area contributed by atoms with Crippen molar-refractivity contribution in [1.29, 1.82) is 0 Å². The maximum atomic E-state index is 5.33. The molecule has 78 valence electrons. The average molecular weight is 222 g/mol. The molecule has 0 amide bonds. The molecule has 0 saturated carbocycles. The number of nitrogens with zero attached hydrogens (tertiary/aromatic N) is 2. The lowest BCUT2D eigenvalue weighted by molar-refractivity contribution is 0.174. The van der Waals surface area contributed by atoms with Crippen LogP contribution in [0.15, 0.2) is 23.3 Å². The van der Waals surface area contributed by atoms with Crippen LogP contribution in [-0.2, 0) is 0 Å². The zero-order valence-electron chi connectivity index (χ0n) is 8.27. The quantitative estimate of drug-likeness (QED) is 0.724. The molecule has 15 heavy (non-hydrogen) atoms. The molecule has 0 aromatic heterocycles. The molecule has 3 rings (SSSR count). The summed E-state index contributed by atoms with van der Waals surface area (Å²) >= 11 is 1.73. The van der Waals surface area contributed by atoms with Gasteiger partial charge in [-0.1, -0.05) is 11.8 Å². The van der Waals surface area contributed by atoms with Crippen molar-refractivity contribution in [1.82, 2.24) is 5.01 Å². The van der Waals surface area contributed by atoms with Gasteiger partial charge in [0.2, 0.25) is 6.79 Å². The number of fused-ring (bicyclic) bond motifs is 1. The second kappa shape index (κ2) is 3.34. The summed E-state index contributed by atoms with van der Waals surface area (Å²) in [5.41, 5.74) is 1.09. The molecule has 4 nitrogen and oxygen atoms in total. The van der Waals surface area contributed by atoms with Gasteiger partial charge in [0.1, 0.15) is 5.04 Å². The molecular weight excluding hydrogens is 212 g/mol. The minimum atomic E-state index is 0.318. The third-order valence-corrected chi connectivity index (χ3v) is 3.36. The van der Waals surface area contributed by atoms with Gasteiger partial charge in [-0.15, -0.1) is 0 Å². The molecular formula is C10H10N2O2S. The highest BCUT2D eigenvalue weighted by molar-refractivity contribution is 8.14. The Morgan fingerprint density at radius 2 is 2.20 bits per heavy atom. The summed E-state index contributed by atoms with van der Waals surface area (Å²) in [6.07, 6.45) is 0. The summed E-state index contributed by atoms with van der Waals surface area (Å²) in [7, 11) is 1.97. The average Bonchev–Trinajstić information content (AvgIpc) is 2.84.